The van der Waals surface area contributed by atoms with Crippen LogP contribution in [0.3, 0.4) is 0 Å². The van der Waals surface area contributed by atoms with Crippen molar-refractivity contribution in [1.82, 2.24) is 4.72 Å². The smallest absolute Gasteiger partial charge is 0.241 e. The van der Waals surface area contributed by atoms with E-state index in [-0.39, 0.29) is 10.9 Å². The molecule has 0 amide bonds. The second-order valence-corrected chi connectivity index (χ2v) is 6.97. The summed E-state index contributed by atoms with van der Waals surface area (Å²) in [6, 6.07) is 7.85. The molecule has 6 heteroatoms. The lowest BCUT2D eigenvalue weighted by Crippen LogP contribution is -2.30. The number of benzene rings is 1. The van der Waals surface area contributed by atoms with Gasteiger partial charge in [0, 0.05) is 17.0 Å². The number of fused-ring (bicyclic) bond motifs is 1. The lowest BCUT2D eigenvalue weighted by atomic mass is 9.94. The fourth-order valence-electron chi connectivity index (χ4n) is 2.50. The normalized spacial score (nSPS) is 18.8. The first-order chi connectivity index (χ1) is 9.56. The molecule has 1 aromatic heterocycles. The molecule has 0 aliphatic heterocycles. The molecular formula is C14H14ClNO3S. The molecule has 1 heterocycles. The van der Waals surface area contributed by atoms with Crippen molar-refractivity contribution < 1.29 is 12.8 Å². The minimum atomic E-state index is -3.58. The highest BCUT2D eigenvalue weighted by Crippen LogP contribution is 2.31. The Kier molecular flexibility index (Phi) is 3.58. The van der Waals surface area contributed by atoms with Gasteiger partial charge in [0.1, 0.15) is 5.76 Å². The van der Waals surface area contributed by atoms with Gasteiger partial charge in [-0.25, -0.2) is 13.1 Å². The Hall–Kier alpha value is -1.30. The van der Waals surface area contributed by atoms with Crippen molar-refractivity contribution in [3.05, 3.63) is 52.9 Å². The number of furan rings is 1. The predicted molar refractivity (Wildman–Crippen MR) is 76.2 cm³/mol. The van der Waals surface area contributed by atoms with Crippen molar-refractivity contribution in [1.29, 1.82) is 0 Å². The summed E-state index contributed by atoms with van der Waals surface area (Å²) in [5.74, 6) is 0.870. The van der Waals surface area contributed by atoms with Crippen molar-refractivity contribution >= 4 is 21.6 Å². The molecular weight excluding hydrogens is 298 g/mol. The van der Waals surface area contributed by atoms with Crippen LogP contribution >= 0.6 is 11.6 Å². The van der Waals surface area contributed by atoms with Gasteiger partial charge in [-0.2, -0.15) is 0 Å². The number of aryl methyl sites for hydroxylation is 1. The molecule has 2 aromatic rings. The standard InChI is InChI=1S/C14H14ClNO3S/c15-10-3-1-4-11(9-10)20(17,18)16-13-5-2-6-14-12(13)7-8-19-14/h1,3-4,7-9,13,16H,2,5-6H2. The minimum absolute atomic E-state index is 0.181. The second kappa shape index (κ2) is 5.24. The van der Waals surface area contributed by atoms with E-state index in [0.717, 1.165) is 30.6 Å². The quantitative estimate of drug-likeness (QED) is 0.946. The Bertz CT molecular complexity index is 724. The average molecular weight is 312 g/mol. The van der Waals surface area contributed by atoms with Gasteiger partial charge in [-0.1, -0.05) is 17.7 Å². The molecule has 0 fully saturated rings. The summed E-state index contributed by atoms with van der Waals surface area (Å²) in [5.41, 5.74) is 0.932. The van der Waals surface area contributed by atoms with Crippen molar-refractivity contribution in [2.24, 2.45) is 0 Å². The molecule has 0 spiro atoms. The van der Waals surface area contributed by atoms with Gasteiger partial charge in [0.2, 0.25) is 10.0 Å². The Morgan fingerprint density at radius 2 is 2.15 bits per heavy atom. The fraction of sp³-hybridized carbons (Fsp3) is 0.286. The van der Waals surface area contributed by atoms with Crippen LogP contribution in [0.4, 0.5) is 0 Å². The lowest BCUT2D eigenvalue weighted by Gasteiger charge is -2.22. The van der Waals surface area contributed by atoms with Gasteiger partial charge in [0.15, 0.2) is 0 Å². The average Bonchev–Trinajstić information content (AvgIpc) is 2.88. The third-order valence-corrected chi connectivity index (χ3v) is 5.16. The van der Waals surface area contributed by atoms with E-state index < -0.39 is 10.0 Å². The van der Waals surface area contributed by atoms with Crippen molar-refractivity contribution in [3.8, 4) is 0 Å². The molecule has 106 valence electrons. The summed E-state index contributed by atoms with van der Waals surface area (Å²) in [6.45, 7) is 0. The van der Waals surface area contributed by atoms with Gasteiger partial charge < -0.3 is 4.42 Å². The number of hydrogen-bond acceptors (Lipinski definition) is 3. The Labute approximate surface area is 122 Å². The van der Waals surface area contributed by atoms with Crippen LogP contribution < -0.4 is 4.72 Å². The van der Waals surface area contributed by atoms with E-state index in [4.69, 9.17) is 16.0 Å². The first-order valence-corrected chi connectivity index (χ1v) is 8.26. The number of halogens is 1. The lowest BCUT2D eigenvalue weighted by molar-refractivity contribution is 0.438. The highest BCUT2D eigenvalue weighted by Gasteiger charge is 2.27. The third-order valence-electron chi connectivity index (χ3n) is 3.46. The molecule has 1 unspecified atom stereocenters. The van der Waals surface area contributed by atoms with Crippen LogP contribution in [0.5, 0.6) is 0 Å². The van der Waals surface area contributed by atoms with Gasteiger partial charge in [0.25, 0.3) is 0 Å². The molecule has 0 bridgehead atoms. The Balaban J connectivity index is 1.89. The third kappa shape index (κ3) is 2.61. The van der Waals surface area contributed by atoms with E-state index in [0.29, 0.717) is 5.02 Å². The summed E-state index contributed by atoms with van der Waals surface area (Å²) in [4.78, 5) is 0.181. The fourth-order valence-corrected chi connectivity index (χ4v) is 4.05. The van der Waals surface area contributed by atoms with Gasteiger partial charge in [-0.3, -0.25) is 0 Å². The summed E-state index contributed by atoms with van der Waals surface area (Å²) >= 11 is 5.85. The van der Waals surface area contributed by atoms with Crippen LogP contribution in [0.15, 0.2) is 45.9 Å². The van der Waals surface area contributed by atoms with E-state index in [1.807, 2.05) is 6.07 Å². The minimum Gasteiger partial charge on any atom is -0.469 e. The predicted octanol–water partition coefficient (Wildman–Crippen LogP) is 3.29. The van der Waals surface area contributed by atoms with Crippen LogP contribution in [-0.4, -0.2) is 8.42 Å². The Morgan fingerprint density at radius 3 is 2.95 bits per heavy atom. The first kappa shape index (κ1) is 13.7. The monoisotopic (exact) mass is 311 g/mol. The largest absolute Gasteiger partial charge is 0.469 e. The van der Waals surface area contributed by atoms with Crippen molar-refractivity contribution in [3.63, 3.8) is 0 Å². The summed E-state index contributed by atoms with van der Waals surface area (Å²) in [6.07, 6.45) is 4.14. The van der Waals surface area contributed by atoms with Gasteiger partial charge in [-0.05, 0) is 37.1 Å². The van der Waals surface area contributed by atoms with Crippen molar-refractivity contribution in [2.75, 3.05) is 0 Å². The maximum Gasteiger partial charge on any atom is 0.241 e. The van der Waals surface area contributed by atoms with Crippen LogP contribution in [0.25, 0.3) is 0 Å². The number of hydrogen-bond donors (Lipinski definition) is 1. The SMILES string of the molecule is O=S(=O)(NC1CCCc2occc21)c1cccc(Cl)c1. The Morgan fingerprint density at radius 1 is 1.30 bits per heavy atom. The summed E-state index contributed by atoms with van der Waals surface area (Å²) in [5, 5.41) is 0.403. The summed E-state index contributed by atoms with van der Waals surface area (Å²) in [7, 11) is -3.58. The van der Waals surface area contributed by atoms with Gasteiger partial charge in [-0.15, -0.1) is 0 Å². The zero-order chi connectivity index (χ0) is 14.2. The van der Waals surface area contributed by atoms with Crippen LogP contribution in [-0.2, 0) is 16.4 Å². The first-order valence-electron chi connectivity index (χ1n) is 6.40. The van der Waals surface area contributed by atoms with Gasteiger partial charge >= 0.3 is 0 Å². The highest BCUT2D eigenvalue weighted by molar-refractivity contribution is 7.89. The van der Waals surface area contributed by atoms with E-state index in [1.165, 1.54) is 12.1 Å². The second-order valence-electron chi connectivity index (χ2n) is 4.82. The molecule has 1 aromatic carbocycles. The molecule has 20 heavy (non-hydrogen) atoms. The molecule has 0 saturated carbocycles. The van der Waals surface area contributed by atoms with Crippen molar-refractivity contribution in [2.45, 2.75) is 30.2 Å². The van der Waals surface area contributed by atoms with Gasteiger partial charge in [0.05, 0.1) is 17.2 Å². The molecule has 3 rings (SSSR count). The van der Waals surface area contributed by atoms with Crippen LogP contribution in [0.1, 0.15) is 30.2 Å². The maximum absolute atomic E-state index is 12.4. The van der Waals surface area contributed by atoms with E-state index in [2.05, 4.69) is 4.72 Å². The molecule has 1 atom stereocenters. The topological polar surface area (TPSA) is 59.3 Å². The van der Waals surface area contributed by atoms with E-state index in [9.17, 15) is 8.42 Å². The highest BCUT2D eigenvalue weighted by atomic mass is 35.5. The van der Waals surface area contributed by atoms with Crippen LogP contribution in [0.2, 0.25) is 5.02 Å². The molecule has 4 nitrogen and oxygen atoms in total. The molecule has 1 N–H and O–H groups in total. The molecule has 0 radical (unpaired) electrons. The van der Waals surface area contributed by atoms with Crippen LogP contribution in [0, 0.1) is 0 Å². The van der Waals surface area contributed by atoms with E-state index >= 15 is 0 Å². The zero-order valence-electron chi connectivity index (χ0n) is 10.7. The molecule has 1 aliphatic carbocycles. The maximum atomic E-state index is 12.4. The summed E-state index contributed by atoms with van der Waals surface area (Å²) < 4.78 is 32.9. The number of nitrogens with one attached hydrogen (secondary N) is 1. The molecule has 1 aliphatic rings. The number of rotatable bonds is 3. The number of sulfonamides is 1. The zero-order valence-corrected chi connectivity index (χ0v) is 12.2. The van der Waals surface area contributed by atoms with E-state index in [1.54, 1.807) is 18.4 Å². The molecule has 0 saturated heterocycles.